The molecule has 2 aromatic carbocycles. The standard InChI is InChI=1S/C16H17ClFNO/c1-10(2)20-13-5-3-4-11(8-13)16(19)14-9-12(18)6-7-15(14)17/h3-10,16H,19H2,1-2H3. The molecule has 0 aliphatic heterocycles. The number of nitrogens with two attached hydrogens (primary N) is 1. The van der Waals surface area contributed by atoms with E-state index in [1.165, 1.54) is 18.2 Å². The highest BCUT2D eigenvalue weighted by atomic mass is 35.5. The Morgan fingerprint density at radius 2 is 1.90 bits per heavy atom. The summed E-state index contributed by atoms with van der Waals surface area (Å²) in [4.78, 5) is 0. The summed E-state index contributed by atoms with van der Waals surface area (Å²) in [5.74, 6) is 0.384. The van der Waals surface area contributed by atoms with E-state index in [9.17, 15) is 4.39 Å². The molecule has 0 heterocycles. The zero-order valence-corrected chi connectivity index (χ0v) is 12.2. The minimum Gasteiger partial charge on any atom is -0.491 e. The van der Waals surface area contributed by atoms with Crippen LogP contribution in [0.1, 0.15) is 31.0 Å². The van der Waals surface area contributed by atoms with Crippen molar-refractivity contribution < 1.29 is 9.13 Å². The molecule has 106 valence electrons. The Hall–Kier alpha value is -1.58. The number of benzene rings is 2. The summed E-state index contributed by atoms with van der Waals surface area (Å²) in [5, 5.41) is 0.453. The number of halogens is 2. The maximum atomic E-state index is 13.3. The molecule has 0 amide bonds. The smallest absolute Gasteiger partial charge is 0.123 e. The van der Waals surface area contributed by atoms with E-state index in [1.54, 1.807) is 0 Å². The van der Waals surface area contributed by atoms with Gasteiger partial charge in [-0.05, 0) is 55.3 Å². The molecule has 0 fully saturated rings. The molecule has 0 aromatic heterocycles. The quantitative estimate of drug-likeness (QED) is 0.911. The van der Waals surface area contributed by atoms with Crippen LogP contribution in [0.4, 0.5) is 4.39 Å². The highest BCUT2D eigenvalue weighted by Gasteiger charge is 2.14. The first-order valence-corrected chi connectivity index (χ1v) is 6.82. The lowest BCUT2D eigenvalue weighted by Crippen LogP contribution is -2.13. The minimum atomic E-state index is -0.492. The largest absolute Gasteiger partial charge is 0.491 e. The molecule has 0 spiro atoms. The summed E-state index contributed by atoms with van der Waals surface area (Å²) >= 11 is 6.09. The van der Waals surface area contributed by atoms with Crippen LogP contribution in [0.2, 0.25) is 5.02 Å². The van der Waals surface area contributed by atoms with Crippen molar-refractivity contribution in [3.8, 4) is 5.75 Å². The van der Waals surface area contributed by atoms with Crippen LogP contribution in [-0.4, -0.2) is 6.10 Å². The van der Waals surface area contributed by atoms with Crippen molar-refractivity contribution in [2.24, 2.45) is 5.73 Å². The van der Waals surface area contributed by atoms with Crippen molar-refractivity contribution in [1.82, 2.24) is 0 Å². The van der Waals surface area contributed by atoms with Crippen molar-refractivity contribution >= 4 is 11.6 Å². The van der Waals surface area contributed by atoms with Gasteiger partial charge >= 0.3 is 0 Å². The Labute approximate surface area is 123 Å². The molecule has 0 saturated heterocycles. The third-order valence-corrected chi connectivity index (χ3v) is 3.23. The van der Waals surface area contributed by atoms with Gasteiger partial charge in [-0.2, -0.15) is 0 Å². The molecule has 20 heavy (non-hydrogen) atoms. The summed E-state index contributed by atoms with van der Waals surface area (Å²) in [6, 6.07) is 11.2. The molecule has 0 aliphatic carbocycles. The van der Waals surface area contributed by atoms with Crippen molar-refractivity contribution in [3.63, 3.8) is 0 Å². The lowest BCUT2D eigenvalue weighted by molar-refractivity contribution is 0.242. The second kappa shape index (κ2) is 6.25. The topological polar surface area (TPSA) is 35.2 Å². The van der Waals surface area contributed by atoms with Gasteiger partial charge in [-0.3, -0.25) is 0 Å². The van der Waals surface area contributed by atoms with E-state index in [0.29, 0.717) is 10.6 Å². The SMILES string of the molecule is CC(C)Oc1cccc(C(N)c2cc(F)ccc2Cl)c1. The first-order chi connectivity index (χ1) is 9.47. The molecule has 1 atom stereocenters. The first-order valence-electron chi connectivity index (χ1n) is 6.44. The zero-order valence-electron chi connectivity index (χ0n) is 11.4. The van der Waals surface area contributed by atoms with E-state index in [2.05, 4.69) is 0 Å². The Kier molecular flexibility index (Phi) is 4.63. The van der Waals surface area contributed by atoms with Crippen molar-refractivity contribution in [2.75, 3.05) is 0 Å². The summed E-state index contributed by atoms with van der Waals surface area (Å²) in [6.07, 6.45) is 0.0826. The third kappa shape index (κ3) is 3.50. The number of ether oxygens (including phenoxy) is 1. The van der Waals surface area contributed by atoms with Gasteiger partial charge in [-0.15, -0.1) is 0 Å². The molecule has 0 saturated carbocycles. The molecule has 2 aromatic rings. The van der Waals surface area contributed by atoms with Gasteiger partial charge in [-0.25, -0.2) is 4.39 Å². The van der Waals surface area contributed by atoms with Gasteiger partial charge in [0.05, 0.1) is 12.1 Å². The van der Waals surface area contributed by atoms with Gasteiger partial charge in [0.25, 0.3) is 0 Å². The van der Waals surface area contributed by atoms with Crippen LogP contribution in [-0.2, 0) is 0 Å². The van der Waals surface area contributed by atoms with Crippen LogP contribution < -0.4 is 10.5 Å². The van der Waals surface area contributed by atoms with Crippen molar-refractivity contribution in [1.29, 1.82) is 0 Å². The van der Waals surface area contributed by atoms with Crippen LogP contribution in [0.3, 0.4) is 0 Å². The highest BCUT2D eigenvalue weighted by Crippen LogP contribution is 2.29. The fourth-order valence-corrected chi connectivity index (χ4v) is 2.22. The van der Waals surface area contributed by atoms with Gasteiger partial charge in [-0.1, -0.05) is 23.7 Å². The van der Waals surface area contributed by atoms with Gasteiger partial charge in [0.2, 0.25) is 0 Å². The zero-order chi connectivity index (χ0) is 14.7. The number of hydrogen-bond donors (Lipinski definition) is 1. The van der Waals surface area contributed by atoms with E-state index in [0.717, 1.165) is 11.3 Å². The van der Waals surface area contributed by atoms with Gasteiger partial charge < -0.3 is 10.5 Å². The summed E-state index contributed by atoms with van der Waals surface area (Å²) in [6.45, 7) is 3.91. The normalized spacial score (nSPS) is 12.5. The predicted octanol–water partition coefficient (Wildman–Crippen LogP) is 4.31. The molecule has 2 N–H and O–H groups in total. The second-order valence-electron chi connectivity index (χ2n) is 4.88. The number of hydrogen-bond acceptors (Lipinski definition) is 2. The van der Waals surface area contributed by atoms with E-state index in [1.807, 2.05) is 38.1 Å². The van der Waals surface area contributed by atoms with Crippen LogP contribution in [0.15, 0.2) is 42.5 Å². The molecule has 2 rings (SSSR count). The molecule has 1 unspecified atom stereocenters. The molecule has 0 bridgehead atoms. The Bertz CT molecular complexity index is 601. The van der Waals surface area contributed by atoms with Crippen LogP contribution in [0, 0.1) is 5.82 Å². The lowest BCUT2D eigenvalue weighted by atomic mass is 9.99. The molecule has 2 nitrogen and oxygen atoms in total. The lowest BCUT2D eigenvalue weighted by Gasteiger charge is -2.16. The Morgan fingerprint density at radius 3 is 2.60 bits per heavy atom. The van der Waals surface area contributed by atoms with Gasteiger partial charge in [0.1, 0.15) is 11.6 Å². The van der Waals surface area contributed by atoms with E-state index in [4.69, 9.17) is 22.1 Å². The van der Waals surface area contributed by atoms with E-state index in [-0.39, 0.29) is 11.9 Å². The molecular formula is C16H17ClFNO. The van der Waals surface area contributed by atoms with Gasteiger partial charge in [0, 0.05) is 5.02 Å². The highest BCUT2D eigenvalue weighted by molar-refractivity contribution is 6.31. The average molecular weight is 294 g/mol. The summed E-state index contributed by atoms with van der Waals surface area (Å²) in [7, 11) is 0. The molecule has 0 aliphatic rings. The molecule has 4 heteroatoms. The predicted molar refractivity (Wildman–Crippen MR) is 79.6 cm³/mol. The maximum absolute atomic E-state index is 13.3. The maximum Gasteiger partial charge on any atom is 0.123 e. The minimum absolute atomic E-state index is 0.0826. The average Bonchev–Trinajstić information content (AvgIpc) is 2.40. The molecular weight excluding hydrogens is 277 g/mol. The van der Waals surface area contributed by atoms with Crippen molar-refractivity contribution in [2.45, 2.75) is 26.0 Å². The van der Waals surface area contributed by atoms with Crippen molar-refractivity contribution in [3.05, 3.63) is 64.4 Å². The second-order valence-corrected chi connectivity index (χ2v) is 5.29. The summed E-state index contributed by atoms with van der Waals surface area (Å²) < 4.78 is 19.0. The fourth-order valence-electron chi connectivity index (χ4n) is 1.99. The molecule has 0 radical (unpaired) electrons. The van der Waals surface area contributed by atoms with Crippen LogP contribution >= 0.6 is 11.6 Å². The summed E-state index contributed by atoms with van der Waals surface area (Å²) in [5.41, 5.74) is 7.57. The Balaban J connectivity index is 2.33. The number of rotatable bonds is 4. The fraction of sp³-hybridized carbons (Fsp3) is 0.250. The van der Waals surface area contributed by atoms with Crippen LogP contribution in [0.25, 0.3) is 0 Å². The monoisotopic (exact) mass is 293 g/mol. The van der Waals surface area contributed by atoms with E-state index >= 15 is 0 Å². The van der Waals surface area contributed by atoms with Crippen LogP contribution in [0.5, 0.6) is 5.75 Å². The third-order valence-electron chi connectivity index (χ3n) is 2.88. The van der Waals surface area contributed by atoms with E-state index < -0.39 is 6.04 Å². The first kappa shape index (κ1) is 14.8. The Morgan fingerprint density at radius 1 is 1.15 bits per heavy atom. The van der Waals surface area contributed by atoms with Gasteiger partial charge in [0.15, 0.2) is 0 Å².